The lowest BCUT2D eigenvalue weighted by atomic mass is 10.2. The van der Waals surface area contributed by atoms with Crippen molar-refractivity contribution < 1.29 is 23.1 Å². The van der Waals surface area contributed by atoms with Gasteiger partial charge in [-0.3, -0.25) is 0 Å². The highest BCUT2D eigenvalue weighted by Gasteiger charge is 2.38. The van der Waals surface area contributed by atoms with Gasteiger partial charge in [0, 0.05) is 13.2 Å². The minimum Gasteiger partial charge on any atom is -0.400 e. The predicted octanol–water partition coefficient (Wildman–Crippen LogP) is 0.657. The van der Waals surface area contributed by atoms with Crippen LogP contribution in [0.25, 0.3) is 0 Å². The van der Waals surface area contributed by atoms with Gasteiger partial charge in [0.2, 0.25) is 0 Å². The van der Waals surface area contributed by atoms with Gasteiger partial charge in [0.25, 0.3) is 0 Å². The van der Waals surface area contributed by atoms with Gasteiger partial charge < -0.3 is 34.5 Å². The van der Waals surface area contributed by atoms with Crippen LogP contribution in [0.5, 0.6) is 0 Å². The Hall–Kier alpha value is -0.0631. The summed E-state index contributed by atoms with van der Waals surface area (Å²) in [6.07, 6.45) is 0.115. The smallest absolute Gasteiger partial charge is 0.400 e. The van der Waals surface area contributed by atoms with E-state index in [2.05, 4.69) is 0 Å². The van der Waals surface area contributed by atoms with E-state index in [1.54, 1.807) is 7.11 Å². The molecule has 2 unspecified atom stereocenters. The standard InChI is InChI=1S/C13H32N2O5Si/c1-5-17-13(18-6-2,19-7-3)20-21(16-4)11-9-12(15)8-10-14/h12,21H,5-11,14-15H2,1-4H3. The van der Waals surface area contributed by atoms with Gasteiger partial charge in [-0.15, -0.1) is 0 Å². The second kappa shape index (κ2) is 12.5. The Labute approximate surface area is 130 Å². The van der Waals surface area contributed by atoms with E-state index >= 15 is 0 Å². The average molecular weight is 324 g/mol. The molecule has 0 heterocycles. The molecule has 0 radical (unpaired) electrons. The quantitative estimate of drug-likeness (QED) is 0.358. The number of hydrogen-bond donors (Lipinski definition) is 2. The first-order valence-electron chi connectivity index (χ1n) is 7.65. The molecule has 0 aromatic rings. The maximum Gasteiger partial charge on any atom is 0.404 e. The summed E-state index contributed by atoms with van der Waals surface area (Å²) in [6.45, 7) is 7.40. The molecule has 0 spiro atoms. The van der Waals surface area contributed by atoms with Crippen molar-refractivity contribution >= 4 is 9.28 Å². The number of nitrogens with two attached hydrogens (primary N) is 2. The Morgan fingerprint density at radius 1 is 1.00 bits per heavy atom. The topological polar surface area (TPSA) is 98.2 Å². The molecule has 0 aromatic carbocycles. The van der Waals surface area contributed by atoms with E-state index in [0.717, 1.165) is 18.9 Å². The Bertz CT molecular complexity index is 232. The van der Waals surface area contributed by atoms with Crippen molar-refractivity contribution in [1.29, 1.82) is 0 Å². The van der Waals surface area contributed by atoms with Crippen LogP contribution < -0.4 is 11.5 Å². The Morgan fingerprint density at radius 2 is 1.52 bits per heavy atom. The first-order chi connectivity index (χ1) is 10.1. The second-order valence-corrected chi connectivity index (χ2v) is 6.64. The van der Waals surface area contributed by atoms with Gasteiger partial charge in [0.05, 0.1) is 19.8 Å². The first-order valence-corrected chi connectivity index (χ1v) is 9.41. The molecule has 0 rings (SSSR count). The molecule has 4 N–H and O–H groups in total. The van der Waals surface area contributed by atoms with Crippen LogP contribution in [-0.2, 0) is 23.1 Å². The van der Waals surface area contributed by atoms with Gasteiger partial charge >= 0.3 is 15.4 Å². The van der Waals surface area contributed by atoms with E-state index in [1.807, 2.05) is 20.8 Å². The van der Waals surface area contributed by atoms with E-state index in [-0.39, 0.29) is 6.04 Å². The van der Waals surface area contributed by atoms with Crippen LogP contribution in [0.3, 0.4) is 0 Å². The first kappa shape index (κ1) is 20.9. The SMILES string of the molecule is CCOC(OCC)(OCC)O[SiH](CCC(N)CCN)OC. The molecule has 128 valence electrons. The van der Waals surface area contributed by atoms with Crippen LogP contribution in [0.2, 0.25) is 6.04 Å². The summed E-state index contributed by atoms with van der Waals surface area (Å²) in [5, 5.41) is 0. The van der Waals surface area contributed by atoms with E-state index in [0.29, 0.717) is 26.4 Å². The highest BCUT2D eigenvalue weighted by molar-refractivity contribution is 6.44. The Morgan fingerprint density at radius 3 is 1.90 bits per heavy atom. The average Bonchev–Trinajstić information content (AvgIpc) is 2.44. The normalized spacial score (nSPS) is 15.1. The predicted molar refractivity (Wildman–Crippen MR) is 83.9 cm³/mol. The summed E-state index contributed by atoms with van der Waals surface area (Å²) >= 11 is 0. The minimum atomic E-state index is -2.01. The van der Waals surface area contributed by atoms with Gasteiger partial charge in [0.1, 0.15) is 0 Å². The molecule has 8 heteroatoms. The summed E-state index contributed by atoms with van der Waals surface area (Å²) in [7, 11) is -0.385. The van der Waals surface area contributed by atoms with Gasteiger partial charge in [-0.2, -0.15) is 0 Å². The molecule has 0 aliphatic carbocycles. The monoisotopic (exact) mass is 324 g/mol. The highest BCUT2D eigenvalue weighted by atomic mass is 28.3. The zero-order valence-corrected chi connectivity index (χ0v) is 15.0. The van der Waals surface area contributed by atoms with Crippen molar-refractivity contribution in [2.24, 2.45) is 11.5 Å². The van der Waals surface area contributed by atoms with Crippen LogP contribution in [0.1, 0.15) is 33.6 Å². The lowest BCUT2D eigenvalue weighted by Gasteiger charge is -2.34. The third-order valence-corrected chi connectivity index (χ3v) is 4.69. The lowest BCUT2D eigenvalue weighted by Crippen LogP contribution is -2.47. The molecule has 0 fully saturated rings. The van der Waals surface area contributed by atoms with Gasteiger partial charge in [-0.25, -0.2) is 0 Å². The zero-order valence-electron chi connectivity index (χ0n) is 13.8. The molecule has 0 amide bonds. The second-order valence-electron chi connectivity index (χ2n) is 4.50. The van der Waals surface area contributed by atoms with Crippen molar-refractivity contribution in [2.45, 2.75) is 51.9 Å². The maximum absolute atomic E-state index is 5.96. The molecular formula is C13H32N2O5Si. The van der Waals surface area contributed by atoms with Crippen LogP contribution in [0.15, 0.2) is 0 Å². The Balaban J connectivity index is 4.59. The molecule has 0 aromatic heterocycles. The molecule has 0 aliphatic rings. The van der Waals surface area contributed by atoms with Gasteiger partial charge in [-0.1, -0.05) is 0 Å². The van der Waals surface area contributed by atoms with Crippen molar-refractivity contribution in [3.05, 3.63) is 0 Å². The van der Waals surface area contributed by atoms with Crippen LogP contribution >= 0.6 is 0 Å². The molecule has 2 atom stereocenters. The molecule has 0 aliphatic heterocycles. The van der Waals surface area contributed by atoms with Crippen molar-refractivity contribution in [2.75, 3.05) is 33.5 Å². The van der Waals surface area contributed by atoms with Crippen LogP contribution in [-0.4, -0.2) is 55.0 Å². The summed E-state index contributed by atoms with van der Waals surface area (Å²) in [5.74, 6) is 0. The molecular weight excluding hydrogens is 292 g/mol. The van der Waals surface area contributed by atoms with Crippen LogP contribution in [0.4, 0.5) is 0 Å². The number of ether oxygens (including phenoxy) is 3. The molecule has 21 heavy (non-hydrogen) atoms. The van der Waals surface area contributed by atoms with E-state index in [9.17, 15) is 0 Å². The fourth-order valence-electron chi connectivity index (χ4n) is 1.85. The fraction of sp³-hybridized carbons (Fsp3) is 1.00. The van der Waals surface area contributed by atoms with Crippen LogP contribution in [0, 0.1) is 0 Å². The zero-order chi connectivity index (χ0) is 16.1. The molecule has 0 saturated carbocycles. The van der Waals surface area contributed by atoms with E-state index in [1.165, 1.54) is 0 Å². The largest absolute Gasteiger partial charge is 0.404 e. The van der Waals surface area contributed by atoms with E-state index < -0.39 is 15.4 Å². The highest BCUT2D eigenvalue weighted by Crippen LogP contribution is 2.21. The summed E-state index contributed by atoms with van der Waals surface area (Å²) in [4.78, 5) is 0. The third kappa shape index (κ3) is 8.84. The summed E-state index contributed by atoms with van der Waals surface area (Å²) in [6, 6.07) is 0.802. The fourth-order valence-corrected chi connectivity index (χ4v) is 3.53. The maximum atomic E-state index is 5.96. The Kier molecular flexibility index (Phi) is 12.4. The van der Waals surface area contributed by atoms with Crippen molar-refractivity contribution in [3.8, 4) is 0 Å². The molecule has 0 bridgehead atoms. The molecule has 0 saturated heterocycles. The number of hydrogen-bond acceptors (Lipinski definition) is 7. The summed E-state index contributed by atoms with van der Waals surface area (Å²) in [5.41, 5.74) is 11.5. The minimum absolute atomic E-state index is 0.0597. The summed E-state index contributed by atoms with van der Waals surface area (Å²) < 4.78 is 28.0. The van der Waals surface area contributed by atoms with Gasteiger partial charge in [0.15, 0.2) is 0 Å². The molecule has 7 nitrogen and oxygen atoms in total. The van der Waals surface area contributed by atoms with Crippen molar-refractivity contribution in [1.82, 2.24) is 0 Å². The van der Waals surface area contributed by atoms with E-state index in [4.69, 9.17) is 34.5 Å². The lowest BCUT2D eigenvalue weighted by molar-refractivity contribution is -0.473. The van der Waals surface area contributed by atoms with Gasteiger partial charge in [-0.05, 0) is 46.2 Å². The third-order valence-electron chi connectivity index (χ3n) is 2.81. The number of rotatable bonds is 14. The van der Waals surface area contributed by atoms with Crippen molar-refractivity contribution in [3.63, 3.8) is 0 Å².